The molecule has 1 unspecified atom stereocenters. The Labute approximate surface area is 179 Å². The summed E-state index contributed by atoms with van der Waals surface area (Å²) in [4.78, 5) is 12.0. The van der Waals surface area contributed by atoms with Crippen molar-refractivity contribution in [3.63, 3.8) is 0 Å². The molecule has 0 aliphatic carbocycles. The van der Waals surface area contributed by atoms with Crippen LogP contribution in [0.15, 0.2) is 57.8 Å². The minimum absolute atomic E-state index is 0.0744. The van der Waals surface area contributed by atoms with Crippen LogP contribution < -0.4 is 0 Å². The second-order valence-corrected chi connectivity index (χ2v) is 8.50. The summed E-state index contributed by atoms with van der Waals surface area (Å²) in [6.45, 7) is 5.17. The van der Waals surface area contributed by atoms with Crippen LogP contribution in [0, 0.1) is 5.82 Å². The maximum atomic E-state index is 14.3. The summed E-state index contributed by atoms with van der Waals surface area (Å²) in [5.41, 5.74) is 0.603. The molecule has 0 bridgehead atoms. The van der Waals surface area contributed by atoms with Crippen molar-refractivity contribution in [3.05, 3.63) is 65.8 Å². The van der Waals surface area contributed by atoms with Gasteiger partial charge in [0.15, 0.2) is 6.10 Å². The molecule has 2 aromatic carbocycles. The Morgan fingerprint density at radius 3 is 2.45 bits per heavy atom. The Bertz CT molecular complexity index is 1160. The fourth-order valence-corrected chi connectivity index (χ4v) is 4.45. The topological polar surface area (TPSA) is 103 Å². The summed E-state index contributed by atoms with van der Waals surface area (Å²) in [6, 6.07) is 12.1. The summed E-state index contributed by atoms with van der Waals surface area (Å²) in [5.74, 6) is -1.44. The second kappa shape index (κ2) is 9.36. The molecule has 3 rings (SSSR count). The molecule has 1 heterocycles. The molecule has 0 aliphatic heterocycles. The number of rotatable bonds is 8. The third kappa shape index (κ3) is 4.80. The summed E-state index contributed by atoms with van der Waals surface area (Å²) < 4.78 is 51.6. The van der Waals surface area contributed by atoms with E-state index in [1.54, 1.807) is 26.0 Å². The maximum Gasteiger partial charge on any atom is 0.338 e. The number of carbonyl (C=O) groups is 1. The normalized spacial score (nSPS) is 12.7. The molecule has 0 fully saturated rings. The molecule has 0 saturated heterocycles. The molecule has 0 spiro atoms. The van der Waals surface area contributed by atoms with Gasteiger partial charge in [-0.15, -0.1) is 10.2 Å². The third-order valence-corrected chi connectivity index (χ3v) is 6.65. The van der Waals surface area contributed by atoms with Crippen LogP contribution >= 0.6 is 0 Å². The van der Waals surface area contributed by atoms with Crippen molar-refractivity contribution < 1.29 is 26.8 Å². The van der Waals surface area contributed by atoms with Crippen molar-refractivity contribution in [1.29, 1.82) is 0 Å². The standard InChI is InChI=1S/C21H22FN3O5S/c1-4-25(5-2)31(27,28)18-13-16(11-12-17(18)22)21(26)29-14(3)19-23-24-20(30-19)15-9-7-6-8-10-15/h6-14H,4-5H2,1-3H3. The average molecular weight is 447 g/mol. The number of benzene rings is 2. The fourth-order valence-electron chi connectivity index (χ4n) is 2.91. The van der Waals surface area contributed by atoms with Gasteiger partial charge in [0.2, 0.25) is 15.9 Å². The van der Waals surface area contributed by atoms with Crippen LogP contribution in [0.3, 0.4) is 0 Å². The van der Waals surface area contributed by atoms with Crippen molar-refractivity contribution in [1.82, 2.24) is 14.5 Å². The van der Waals surface area contributed by atoms with Crippen LogP contribution in [0.25, 0.3) is 11.5 Å². The van der Waals surface area contributed by atoms with Crippen LogP contribution in [0.5, 0.6) is 0 Å². The predicted molar refractivity (Wildman–Crippen MR) is 110 cm³/mol. The van der Waals surface area contributed by atoms with Crippen LogP contribution in [-0.2, 0) is 14.8 Å². The monoisotopic (exact) mass is 447 g/mol. The molecule has 1 atom stereocenters. The van der Waals surface area contributed by atoms with Gasteiger partial charge >= 0.3 is 5.97 Å². The maximum absolute atomic E-state index is 14.3. The van der Waals surface area contributed by atoms with Gasteiger partial charge in [-0.1, -0.05) is 32.0 Å². The van der Waals surface area contributed by atoms with Crippen molar-refractivity contribution >= 4 is 16.0 Å². The first-order chi connectivity index (χ1) is 14.8. The number of hydrogen-bond donors (Lipinski definition) is 0. The minimum Gasteiger partial charge on any atom is -0.449 e. The lowest BCUT2D eigenvalue weighted by atomic mass is 10.2. The van der Waals surface area contributed by atoms with Gasteiger partial charge in [-0.2, -0.15) is 4.31 Å². The van der Waals surface area contributed by atoms with E-state index in [1.165, 1.54) is 6.92 Å². The highest BCUT2D eigenvalue weighted by molar-refractivity contribution is 7.89. The first-order valence-corrected chi connectivity index (χ1v) is 11.1. The largest absolute Gasteiger partial charge is 0.449 e. The first-order valence-electron chi connectivity index (χ1n) is 9.67. The van der Waals surface area contributed by atoms with Gasteiger partial charge in [0.25, 0.3) is 5.89 Å². The van der Waals surface area contributed by atoms with E-state index in [9.17, 15) is 17.6 Å². The number of aromatic nitrogens is 2. The molecule has 0 saturated carbocycles. The fraction of sp³-hybridized carbons (Fsp3) is 0.286. The van der Waals surface area contributed by atoms with E-state index in [2.05, 4.69) is 10.2 Å². The van der Waals surface area contributed by atoms with Crippen LogP contribution in [0.2, 0.25) is 0 Å². The molecule has 3 aromatic rings. The van der Waals surface area contributed by atoms with E-state index in [-0.39, 0.29) is 30.4 Å². The van der Waals surface area contributed by atoms with Crippen molar-refractivity contribution in [2.45, 2.75) is 31.8 Å². The van der Waals surface area contributed by atoms with Gasteiger partial charge in [0.1, 0.15) is 10.7 Å². The number of ether oxygens (including phenoxy) is 1. The molecular formula is C21H22FN3O5S. The highest BCUT2D eigenvalue weighted by atomic mass is 32.2. The average Bonchev–Trinajstić information content (AvgIpc) is 3.25. The second-order valence-electron chi connectivity index (χ2n) is 6.59. The predicted octanol–water partition coefficient (Wildman–Crippen LogP) is 3.82. The van der Waals surface area contributed by atoms with E-state index in [0.29, 0.717) is 5.56 Å². The van der Waals surface area contributed by atoms with Gasteiger partial charge < -0.3 is 9.15 Å². The zero-order valence-corrected chi connectivity index (χ0v) is 18.1. The zero-order chi connectivity index (χ0) is 22.6. The Kier molecular flexibility index (Phi) is 6.81. The van der Waals surface area contributed by atoms with Gasteiger partial charge in [-0.3, -0.25) is 0 Å². The third-order valence-electron chi connectivity index (χ3n) is 4.58. The van der Waals surface area contributed by atoms with E-state index in [1.807, 2.05) is 18.2 Å². The Balaban J connectivity index is 1.80. The lowest BCUT2D eigenvalue weighted by Crippen LogP contribution is -2.31. The highest BCUT2D eigenvalue weighted by Crippen LogP contribution is 2.25. The Morgan fingerprint density at radius 1 is 1.13 bits per heavy atom. The lowest BCUT2D eigenvalue weighted by Gasteiger charge is -2.19. The zero-order valence-electron chi connectivity index (χ0n) is 17.3. The number of carbonyl (C=O) groups excluding carboxylic acids is 1. The van der Waals surface area contributed by atoms with Gasteiger partial charge in [0.05, 0.1) is 5.56 Å². The van der Waals surface area contributed by atoms with Crippen molar-refractivity contribution in [2.75, 3.05) is 13.1 Å². The SMILES string of the molecule is CCN(CC)S(=O)(=O)c1cc(C(=O)OC(C)c2nnc(-c3ccccc3)o2)ccc1F. The van der Waals surface area contributed by atoms with Crippen LogP contribution in [0.4, 0.5) is 4.39 Å². The molecular weight excluding hydrogens is 425 g/mol. The van der Waals surface area contributed by atoms with Gasteiger partial charge in [0, 0.05) is 18.7 Å². The van der Waals surface area contributed by atoms with E-state index in [4.69, 9.17) is 9.15 Å². The summed E-state index contributed by atoms with van der Waals surface area (Å²) in [5, 5.41) is 7.84. The van der Waals surface area contributed by atoms with Crippen molar-refractivity contribution in [3.8, 4) is 11.5 Å². The van der Waals surface area contributed by atoms with E-state index < -0.39 is 32.8 Å². The van der Waals surface area contributed by atoms with Crippen LogP contribution in [0.1, 0.15) is 43.1 Å². The molecule has 8 nitrogen and oxygen atoms in total. The van der Waals surface area contributed by atoms with Gasteiger partial charge in [-0.05, 0) is 37.3 Å². The number of sulfonamides is 1. The van der Waals surface area contributed by atoms with Crippen LogP contribution in [-0.4, -0.2) is 42.0 Å². The molecule has 0 aliphatic rings. The number of esters is 1. The Morgan fingerprint density at radius 2 is 1.81 bits per heavy atom. The molecule has 1 aromatic heterocycles. The molecule has 10 heteroatoms. The number of nitrogens with zero attached hydrogens (tertiary/aromatic N) is 3. The number of hydrogen-bond acceptors (Lipinski definition) is 7. The highest BCUT2D eigenvalue weighted by Gasteiger charge is 2.27. The summed E-state index contributed by atoms with van der Waals surface area (Å²) in [7, 11) is -4.09. The molecule has 0 amide bonds. The van der Waals surface area contributed by atoms with E-state index >= 15 is 0 Å². The molecule has 31 heavy (non-hydrogen) atoms. The first kappa shape index (κ1) is 22.6. The summed E-state index contributed by atoms with van der Waals surface area (Å²) in [6.07, 6.45) is -0.898. The molecule has 0 N–H and O–H groups in total. The number of halogens is 1. The quantitative estimate of drug-likeness (QED) is 0.484. The minimum atomic E-state index is -4.09. The lowest BCUT2D eigenvalue weighted by molar-refractivity contribution is 0.0279. The Hall–Kier alpha value is -3.11. The smallest absolute Gasteiger partial charge is 0.338 e. The van der Waals surface area contributed by atoms with E-state index in [0.717, 1.165) is 22.5 Å². The molecule has 164 valence electrons. The van der Waals surface area contributed by atoms with Gasteiger partial charge in [-0.25, -0.2) is 17.6 Å². The summed E-state index contributed by atoms with van der Waals surface area (Å²) >= 11 is 0. The van der Waals surface area contributed by atoms with Crippen molar-refractivity contribution in [2.24, 2.45) is 0 Å². The molecule has 0 radical (unpaired) electrons.